The molecule has 0 saturated carbocycles. The highest BCUT2D eigenvalue weighted by Gasteiger charge is 2.47. The van der Waals surface area contributed by atoms with Crippen molar-refractivity contribution in [1.29, 1.82) is 5.26 Å². The van der Waals surface area contributed by atoms with Crippen molar-refractivity contribution in [3.8, 4) is 62.0 Å². The summed E-state index contributed by atoms with van der Waals surface area (Å²) in [6.45, 7) is 18.7. The van der Waals surface area contributed by atoms with Crippen LogP contribution >= 0.6 is 0 Å². The summed E-state index contributed by atoms with van der Waals surface area (Å²) in [6.07, 6.45) is 0. The Kier molecular flexibility index (Phi) is 9.63. The van der Waals surface area contributed by atoms with Gasteiger partial charge in [0.2, 0.25) is 5.69 Å². The molecule has 2 aromatic heterocycles. The molecule has 4 heteroatoms. The first-order valence-electron chi connectivity index (χ1n) is 24.7. The summed E-state index contributed by atoms with van der Waals surface area (Å²) in [5, 5.41) is 16.4. The van der Waals surface area contributed by atoms with Gasteiger partial charge in [0.1, 0.15) is 0 Å². The van der Waals surface area contributed by atoms with E-state index in [1.54, 1.807) is 0 Å². The molecule has 4 nitrogen and oxygen atoms in total. The van der Waals surface area contributed by atoms with E-state index < -0.39 is 10.8 Å². The molecular formula is C68H48N4. The van der Waals surface area contributed by atoms with E-state index in [0.29, 0.717) is 11.3 Å². The minimum absolute atomic E-state index is 0.334. The lowest BCUT2D eigenvalue weighted by Crippen LogP contribution is -2.39. The van der Waals surface area contributed by atoms with Crippen molar-refractivity contribution in [2.45, 2.75) is 38.5 Å². The highest BCUT2D eigenvalue weighted by atomic mass is 15.0. The lowest BCUT2D eigenvalue weighted by atomic mass is 9.58. The smallest absolute Gasteiger partial charge is 0.230 e. The van der Waals surface area contributed by atoms with Gasteiger partial charge in [-0.25, -0.2) is 4.85 Å². The van der Waals surface area contributed by atoms with Crippen LogP contribution in [0, 0.1) is 17.9 Å². The van der Waals surface area contributed by atoms with Gasteiger partial charge in [-0.2, -0.15) is 5.26 Å². The van der Waals surface area contributed by atoms with Gasteiger partial charge in [0.15, 0.2) is 0 Å². The first-order valence-corrected chi connectivity index (χ1v) is 24.7. The van der Waals surface area contributed by atoms with Gasteiger partial charge in [-0.3, -0.25) is 0 Å². The predicted molar refractivity (Wildman–Crippen MR) is 299 cm³/mol. The van der Waals surface area contributed by atoms with E-state index in [4.69, 9.17) is 0 Å². The number of nitrogens with zero attached hydrogens (tertiary/aromatic N) is 4. The van der Waals surface area contributed by atoms with Crippen LogP contribution in [-0.2, 0) is 10.8 Å². The number of hydrogen-bond donors (Lipinski definition) is 0. The topological polar surface area (TPSA) is 38.0 Å². The molecule has 13 rings (SSSR count). The van der Waals surface area contributed by atoms with Crippen molar-refractivity contribution in [3.63, 3.8) is 0 Å². The van der Waals surface area contributed by atoms with Crippen molar-refractivity contribution in [1.82, 2.24) is 9.13 Å². The summed E-state index contributed by atoms with van der Waals surface area (Å²) in [6, 6.07) is 80.5. The molecule has 0 atom stereocenters. The highest BCUT2D eigenvalue weighted by Crippen LogP contribution is 2.58. The van der Waals surface area contributed by atoms with E-state index in [1.165, 1.54) is 11.1 Å². The number of benzene rings is 10. The molecular weight excluding hydrogens is 873 g/mol. The molecule has 0 unspecified atom stereocenters. The van der Waals surface area contributed by atoms with Crippen LogP contribution in [0.25, 0.3) is 104 Å². The van der Waals surface area contributed by atoms with Gasteiger partial charge < -0.3 is 9.13 Å². The Labute approximate surface area is 419 Å². The maximum atomic E-state index is 12.1. The Balaban J connectivity index is 1.22. The molecule has 0 saturated heterocycles. The number of fused-ring (bicyclic) bond motifs is 8. The Morgan fingerprint density at radius 3 is 1.11 bits per heavy atom. The number of nitriles is 1. The van der Waals surface area contributed by atoms with Crippen LogP contribution in [0.4, 0.5) is 5.69 Å². The molecule has 0 bridgehead atoms. The third kappa shape index (κ3) is 6.29. The standard InChI is InChI=1S/C68H48N4/c1-67(2)56-28-18-19-29-57(56)68(3,4)63-62(67)65(71-58-36-32-47(43-20-10-6-11-21-43)38-53(58)51-34-30-49(40-60(51)71)45-24-14-8-15-25-45)55(42-69)64(70-5)66(63)72-59-37-33-48(44-22-12-7-13-23-44)39-54(59)52-35-31-50(41-61(52)72)46-26-16-9-17-27-46/h6-41H,1-4H3. The molecule has 0 radical (unpaired) electrons. The van der Waals surface area contributed by atoms with Crippen molar-refractivity contribution in [2.75, 3.05) is 0 Å². The zero-order valence-electron chi connectivity index (χ0n) is 40.6. The number of rotatable bonds is 6. The summed E-state index contributed by atoms with van der Waals surface area (Å²) >= 11 is 0. The second kappa shape index (κ2) is 16.2. The predicted octanol–water partition coefficient (Wildman–Crippen LogP) is 17.9. The number of aromatic nitrogens is 2. The van der Waals surface area contributed by atoms with Gasteiger partial charge in [0, 0.05) is 32.4 Å². The molecule has 340 valence electrons. The molecule has 12 aromatic rings. The first kappa shape index (κ1) is 42.8. The van der Waals surface area contributed by atoms with Crippen LogP contribution in [0.15, 0.2) is 218 Å². The molecule has 0 aliphatic heterocycles. The van der Waals surface area contributed by atoms with Gasteiger partial charge in [0.05, 0.1) is 51.6 Å². The van der Waals surface area contributed by atoms with Crippen LogP contribution in [0.2, 0.25) is 0 Å². The molecule has 0 N–H and O–H groups in total. The Morgan fingerprint density at radius 1 is 0.375 bits per heavy atom. The highest BCUT2D eigenvalue weighted by molar-refractivity contribution is 6.14. The zero-order valence-corrected chi connectivity index (χ0v) is 40.6. The third-order valence-corrected chi connectivity index (χ3v) is 15.6. The van der Waals surface area contributed by atoms with Crippen LogP contribution in [-0.4, -0.2) is 9.13 Å². The van der Waals surface area contributed by atoms with E-state index in [1.807, 2.05) is 12.1 Å². The van der Waals surface area contributed by atoms with Crippen molar-refractivity contribution in [3.05, 3.63) is 258 Å². The van der Waals surface area contributed by atoms with Gasteiger partial charge in [-0.15, -0.1) is 0 Å². The summed E-state index contributed by atoms with van der Waals surface area (Å²) in [4.78, 5) is 4.58. The first-order chi connectivity index (χ1) is 35.2. The van der Waals surface area contributed by atoms with Gasteiger partial charge in [0.25, 0.3) is 0 Å². The fraction of sp³-hybridized carbons (Fsp3) is 0.0882. The summed E-state index contributed by atoms with van der Waals surface area (Å²) in [5.41, 5.74) is 18.1. The molecule has 1 aliphatic carbocycles. The number of hydrogen-bond acceptors (Lipinski definition) is 1. The van der Waals surface area contributed by atoms with Crippen LogP contribution in [0.5, 0.6) is 0 Å². The minimum Gasteiger partial charge on any atom is -0.319 e. The second-order valence-corrected chi connectivity index (χ2v) is 20.3. The average molecular weight is 921 g/mol. The maximum absolute atomic E-state index is 12.1. The zero-order chi connectivity index (χ0) is 48.9. The summed E-state index contributed by atoms with van der Waals surface area (Å²) in [7, 11) is 0. The molecule has 2 heterocycles. The van der Waals surface area contributed by atoms with Gasteiger partial charge in [-0.1, -0.05) is 210 Å². The Morgan fingerprint density at radius 2 is 0.722 bits per heavy atom. The Hall–Kier alpha value is -9.22. The molecule has 10 aromatic carbocycles. The van der Waals surface area contributed by atoms with E-state index in [-0.39, 0.29) is 0 Å². The van der Waals surface area contributed by atoms with Crippen molar-refractivity contribution < 1.29 is 0 Å². The quantitative estimate of drug-likeness (QED) is 0.153. The molecule has 0 fully saturated rings. The van der Waals surface area contributed by atoms with Crippen LogP contribution < -0.4 is 0 Å². The fourth-order valence-corrected chi connectivity index (χ4v) is 12.2. The van der Waals surface area contributed by atoms with Gasteiger partial charge in [-0.05, 0) is 103 Å². The van der Waals surface area contributed by atoms with Crippen molar-refractivity contribution >= 4 is 49.3 Å². The van der Waals surface area contributed by atoms with E-state index in [2.05, 4.69) is 254 Å². The summed E-state index contributed by atoms with van der Waals surface area (Å²) in [5.74, 6) is 0. The third-order valence-electron chi connectivity index (χ3n) is 15.6. The van der Waals surface area contributed by atoms with Crippen LogP contribution in [0.3, 0.4) is 0 Å². The maximum Gasteiger partial charge on any atom is 0.230 e. The van der Waals surface area contributed by atoms with E-state index in [0.717, 1.165) is 111 Å². The summed E-state index contributed by atoms with van der Waals surface area (Å²) < 4.78 is 4.67. The van der Waals surface area contributed by atoms with E-state index in [9.17, 15) is 11.8 Å². The minimum atomic E-state index is -0.643. The van der Waals surface area contributed by atoms with Gasteiger partial charge >= 0.3 is 0 Å². The monoisotopic (exact) mass is 920 g/mol. The average Bonchev–Trinajstić information content (AvgIpc) is 3.94. The van der Waals surface area contributed by atoms with Crippen LogP contribution in [0.1, 0.15) is 55.5 Å². The molecule has 0 amide bonds. The van der Waals surface area contributed by atoms with Crippen molar-refractivity contribution in [2.24, 2.45) is 0 Å². The second-order valence-electron chi connectivity index (χ2n) is 20.3. The largest absolute Gasteiger partial charge is 0.319 e. The SMILES string of the molecule is [C-]#[N+]c1c(C#N)c(-n2c3ccc(-c4ccccc4)cc3c3ccc(-c4ccccc4)cc32)c2c(c1-n1c3ccc(-c4ccccc4)cc3c3ccc(-c4ccccc4)cc31)C(C)(C)c1ccccc1C2(C)C. The lowest BCUT2D eigenvalue weighted by molar-refractivity contribution is 0.517. The fourth-order valence-electron chi connectivity index (χ4n) is 12.2. The van der Waals surface area contributed by atoms with E-state index >= 15 is 0 Å². The molecule has 1 aliphatic rings. The molecule has 0 spiro atoms. The normalized spacial score (nSPS) is 13.5. The Bertz CT molecular complexity index is 3980. The molecule has 72 heavy (non-hydrogen) atoms. The lowest BCUT2D eigenvalue weighted by Gasteiger charge is -2.46.